The first-order chi connectivity index (χ1) is 54.1. The van der Waals surface area contributed by atoms with Gasteiger partial charge in [-0.1, -0.05) is 177 Å². The number of esters is 1. The molecule has 11 aromatic rings. The zero-order valence-corrected chi connectivity index (χ0v) is 66.9. The van der Waals surface area contributed by atoms with E-state index in [1.807, 2.05) is 229 Å². The van der Waals surface area contributed by atoms with Crippen LogP contribution >= 0.6 is 44.6 Å². The van der Waals surface area contributed by atoms with Crippen molar-refractivity contribution in [1.29, 1.82) is 0 Å². The van der Waals surface area contributed by atoms with Crippen LogP contribution in [0.15, 0.2) is 316 Å². The van der Waals surface area contributed by atoms with Gasteiger partial charge in [-0.15, -0.1) is 11.6 Å². The maximum absolute atomic E-state index is 12.5. The highest BCUT2D eigenvalue weighted by Gasteiger charge is 2.15. The molecule has 0 aliphatic rings. The summed E-state index contributed by atoms with van der Waals surface area (Å²) in [6.07, 6.45) is 19.6. The van der Waals surface area contributed by atoms with Crippen molar-refractivity contribution in [3.63, 3.8) is 0 Å². The van der Waals surface area contributed by atoms with Gasteiger partial charge in [0.2, 0.25) is 9.23 Å². The Morgan fingerprint density at radius 2 is 0.735 bits per heavy atom. The minimum absolute atomic E-state index is 0. The number of carbonyl (C=O) groups excluding carboxylic acids is 2. The normalized spacial score (nSPS) is 10.7. The number of aromatic carboxylic acids is 2. The lowest BCUT2D eigenvalue weighted by molar-refractivity contribution is 0.0336. The number of carbonyl (C=O) groups is 4. The molecule has 11 rings (SSSR count). The van der Waals surface area contributed by atoms with Gasteiger partial charge in [-0.25, -0.2) is 28.6 Å². The number of hydrogen-bond donors (Lipinski definition) is 4. The fraction of sp³-hybridized carbons (Fsp3) is 0.165. The summed E-state index contributed by atoms with van der Waals surface area (Å²) in [5.74, 6) is 2.63. The Hall–Kier alpha value is -11.6. The topological polar surface area (TPSA) is 247 Å². The summed E-state index contributed by atoms with van der Waals surface area (Å²) in [4.78, 5) is 52.3. The van der Waals surface area contributed by atoms with Crippen LogP contribution in [0.5, 0.6) is 34.5 Å². The van der Waals surface area contributed by atoms with Gasteiger partial charge in [0, 0.05) is 45.2 Å². The van der Waals surface area contributed by atoms with Gasteiger partial charge < -0.3 is 48.8 Å². The van der Waals surface area contributed by atoms with E-state index in [0.29, 0.717) is 42.4 Å². The van der Waals surface area contributed by atoms with Crippen LogP contribution in [0.25, 0.3) is 44.5 Å². The van der Waals surface area contributed by atoms with E-state index >= 15 is 0 Å². The molecule has 0 amide bonds. The number of phenols is 1. The number of allylic oxidation sites excluding steroid dienone is 5. The number of methoxy groups -OCH3 is 2. The molecule has 0 saturated carbocycles. The molecule has 1 heterocycles. The molecule has 0 bridgehead atoms. The minimum atomic E-state index is -1.67. The molecule has 113 heavy (non-hydrogen) atoms. The number of carboxylic acid groups (broad SMARTS) is 2. The third kappa shape index (κ3) is 38.3. The van der Waals surface area contributed by atoms with Crippen LogP contribution in [0.4, 0.5) is 0 Å². The quantitative estimate of drug-likeness (QED) is 0.0201. The highest BCUT2D eigenvalue weighted by molar-refractivity contribution is 8.26. The van der Waals surface area contributed by atoms with Crippen LogP contribution in [-0.4, -0.2) is 97.7 Å². The summed E-state index contributed by atoms with van der Waals surface area (Å²) in [6.45, 7) is 13.1. The molecule has 0 radical (unpaired) electrons. The average molecular weight is 1630 g/mol. The highest BCUT2D eigenvalue weighted by Crippen LogP contribution is 2.29. The van der Waals surface area contributed by atoms with Gasteiger partial charge in [0.25, 0.3) is 5.24 Å². The van der Waals surface area contributed by atoms with E-state index in [9.17, 15) is 24.3 Å². The fourth-order valence-electron chi connectivity index (χ4n) is 9.24. The third-order valence-corrected chi connectivity index (χ3v) is 15.6. The van der Waals surface area contributed by atoms with Crippen molar-refractivity contribution in [3.05, 3.63) is 349 Å². The Labute approximate surface area is 684 Å². The molecule has 0 spiro atoms. The van der Waals surface area contributed by atoms with Crippen LogP contribution in [-0.2, 0) is 14.0 Å². The predicted molar refractivity (Wildman–Crippen MR) is 459 cm³/mol. The molecule has 10 aromatic carbocycles. The third-order valence-electron chi connectivity index (χ3n) is 15.2. The van der Waals surface area contributed by atoms with Crippen LogP contribution < -0.4 is 23.7 Å². The number of ether oxygens (including phenoxy) is 6. The molecule has 0 aliphatic heterocycles. The van der Waals surface area contributed by atoms with E-state index in [1.54, 1.807) is 137 Å². The van der Waals surface area contributed by atoms with Gasteiger partial charge in [0.15, 0.2) is 0 Å². The summed E-state index contributed by atoms with van der Waals surface area (Å²) < 4.78 is 41.6. The molecule has 4 N–H and O–H groups in total. The molecular formula is C91H94Cl4N2O15S. The Balaban J connectivity index is 0.000000357. The summed E-state index contributed by atoms with van der Waals surface area (Å²) >= 11 is 10.6. The van der Waals surface area contributed by atoms with Crippen molar-refractivity contribution in [1.82, 2.24) is 9.97 Å². The fourth-order valence-corrected chi connectivity index (χ4v) is 9.55. The van der Waals surface area contributed by atoms with Crippen molar-refractivity contribution in [2.24, 2.45) is 0 Å². The van der Waals surface area contributed by atoms with Crippen molar-refractivity contribution in [2.45, 2.75) is 61.2 Å². The van der Waals surface area contributed by atoms with Crippen LogP contribution in [0.1, 0.15) is 114 Å². The van der Waals surface area contributed by atoms with Crippen molar-refractivity contribution >= 4 is 76.9 Å². The van der Waals surface area contributed by atoms with E-state index < -0.39 is 32.5 Å². The van der Waals surface area contributed by atoms with E-state index in [1.165, 1.54) is 6.33 Å². The second kappa shape index (κ2) is 55.7. The van der Waals surface area contributed by atoms with E-state index in [0.717, 1.165) is 84.4 Å². The lowest BCUT2D eigenvalue weighted by Crippen LogP contribution is -2.09. The Bertz CT molecular complexity index is 4530. The van der Waals surface area contributed by atoms with Gasteiger partial charge in [-0.2, -0.15) is 0 Å². The number of aliphatic hydroxyl groups is 1. The number of aromatic hydroxyl groups is 1. The largest absolute Gasteiger partial charge is 0.508 e. The number of phenolic OH excluding ortho intramolecular Hbond substituents is 1. The molecule has 1 aromatic heterocycles. The lowest BCUT2D eigenvalue weighted by atomic mass is 10.0. The molecule has 0 aliphatic carbocycles. The molecule has 2 atom stereocenters. The van der Waals surface area contributed by atoms with Crippen molar-refractivity contribution < 1.29 is 72.2 Å². The number of alkyl halides is 1. The molecule has 592 valence electrons. The SMILES string of the molecule is C.C/C=C/CCl.C/C=C/COc1ccc(-c2ccc(C(=O)Cl)cc2)cc1.C/C=C/COc1ccc(-c2ccc(C(=O)O)cc2)cc1.C/C=C/COc1ccc(-c2ccc(C(=O)OC(C)c3cccc(OC)c3)cc2)cc1.COc1cccc(C(C)O)c1.O=C(O)c1ccc(-c2ccc(O)cc2)cc1.O=S(Cl)Cl.c1cncnc1. The molecule has 22 heteroatoms. The first kappa shape index (κ1) is 95.6. The number of rotatable bonds is 23. The lowest BCUT2D eigenvalue weighted by Gasteiger charge is -2.14. The maximum atomic E-state index is 12.5. The molecule has 17 nitrogen and oxygen atoms in total. The Morgan fingerprint density at radius 3 is 1.00 bits per heavy atom. The summed E-state index contributed by atoms with van der Waals surface area (Å²) in [6, 6.07) is 75.0. The predicted octanol–water partition coefficient (Wildman–Crippen LogP) is 23.4. The first-order valence-corrected chi connectivity index (χ1v) is 38.5. The molecular weight excluding hydrogens is 1530 g/mol. The standard InChI is InChI=1S/C26H26O4.C17H15ClO2.C17H16O3.C13H10O3.C9H12O2.C4H7Cl.C4H4N2.CH4.Cl2OS/c1-4-5-17-29-24-15-13-21(14-16-24)20-9-11-22(12-10-20)26(27)30-19(2)23-7-6-8-25(18-23)28-3;2*1-2-3-12-20-16-10-8-14(9-11-16)13-4-6-15(7-5-13)17(18)19;14-12-7-5-10(6-8-12)9-1-3-11(4-2-9)13(15)16;1-7(10)8-4-3-5-9(6-8)11-2;1-2-3-4-5;1-2-5-4-6-3-1;;1-4(2)3/h4-16,18-19H,17H2,1-3H3;2-11H,12H2,1H3;2-11H,12H2,1H3,(H,18,19);1-8,14H,(H,15,16);3-7,10H,1-2H3;2-3H,4H2,1H3;1-4H;1H4;/b5-4+;2*3-2+;;;3-2+;;;. The number of carboxylic acids is 2. The zero-order chi connectivity index (χ0) is 81.8. The van der Waals surface area contributed by atoms with E-state index in [-0.39, 0.29) is 30.8 Å². The van der Waals surface area contributed by atoms with Crippen LogP contribution in [0, 0.1) is 0 Å². The van der Waals surface area contributed by atoms with E-state index in [2.05, 4.69) is 31.3 Å². The summed E-state index contributed by atoms with van der Waals surface area (Å²) in [5.41, 5.74) is 11.4. The van der Waals surface area contributed by atoms with Gasteiger partial charge in [0.05, 0.1) is 37.0 Å². The Morgan fingerprint density at radius 1 is 0.434 bits per heavy atom. The minimum Gasteiger partial charge on any atom is -0.508 e. The smallest absolute Gasteiger partial charge is 0.338 e. The highest BCUT2D eigenvalue weighted by atomic mass is 36.0. The average Bonchev–Trinajstić information content (AvgIpc) is 0.850. The number of aromatic nitrogens is 2. The second-order valence-electron chi connectivity index (χ2n) is 23.0. The number of hydrogen-bond acceptors (Lipinski definition) is 15. The monoisotopic (exact) mass is 1630 g/mol. The van der Waals surface area contributed by atoms with Gasteiger partial charge in [-0.3, -0.25) is 4.79 Å². The summed E-state index contributed by atoms with van der Waals surface area (Å²) in [5, 5.41) is 35.5. The number of benzene rings is 10. The van der Waals surface area contributed by atoms with Gasteiger partial charge >= 0.3 is 17.9 Å². The van der Waals surface area contributed by atoms with Gasteiger partial charge in [-0.05, 0) is 236 Å². The zero-order valence-electron chi connectivity index (χ0n) is 63.1. The summed E-state index contributed by atoms with van der Waals surface area (Å²) in [7, 11) is 10.6. The number of nitrogens with zero attached hydrogens (tertiary/aromatic N) is 2. The van der Waals surface area contributed by atoms with Crippen LogP contribution in [0.2, 0.25) is 0 Å². The molecule has 0 saturated heterocycles. The van der Waals surface area contributed by atoms with Crippen molar-refractivity contribution in [3.8, 4) is 79.0 Å². The van der Waals surface area contributed by atoms with Crippen molar-refractivity contribution in [2.75, 3.05) is 39.9 Å². The molecule has 2 unspecified atom stereocenters. The number of halogens is 4. The number of aliphatic hydroxyl groups excluding tert-OH is 1. The Kier molecular flexibility index (Phi) is 47.1. The van der Waals surface area contributed by atoms with Gasteiger partial charge in [0.1, 0.15) is 66.7 Å². The van der Waals surface area contributed by atoms with Crippen LogP contribution in [0.3, 0.4) is 0 Å². The molecule has 0 fully saturated rings. The maximum Gasteiger partial charge on any atom is 0.338 e. The second-order valence-corrected chi connectivity index (χ2v) is 26.2. The first-order valence-electron chi connectivity index (χ1n) is 34.7. The van der Waals surface area contributed by atoms with E-state index in [4.69, 9.17) is 71.2 Å².